The fourth-order valence-electron chi connectivity index (χ4n) is 4.12. The monoisotopic (exact) mass is 684 g/mol. The minimum absolute atomic E-state index is 0.0715. The molecule has 0 spiro atoms. The van der Waals surface area contributed by atoms with E-state index in [0.717, 1.165) is 41.3 Å². The Labute approximate surface area is 255 Å². The molecule has 1 amide bonds. The van der Waals surface area contributed by atoms with E-state index in [1.165, 1.54) is 30.3 Å². The van der Waals surface area contributed by atoms with E-state index in [1.807, 2.05) is 0 Å². The smallest absolute Gasteiger partial charge is 0.296 e. The van der Waals surface area contributed by atoms with Crippen LogP contribution >= 0.6 is 11.6 Å². The minimum atomic E-state index is -5.06. The summed E-state index contributed by atoms with van der Waals surface area (Å²) in [5, 5.41) is 18.3. The zero-order valence-corrected chi connectivity index (χ0v) is 25.1. The second kappa shape index (κ2) is 12.1. The Hall–Kier alpha value is -4.17. The third-order valence-electron chi connectivity index (χ3n) is 6.04. The van der Waals surface area contributed by atoms with E-state index in [2.05, 4.69) is 10.2 Å². The second-order valence-electron chi connectivity index (χ2n) is 8.99. The highest BCUT2D eigenvalue weighted by molar-refractivity contribution is 7.86. The molecule has 4 aromatic carbocycles. The van der Waals surface area contributed by atoms with Gasteiger partial charge in [-0.1, -0.05) is 12.1 Å². The predicted octanol–water partition coefficient (Wildman–Crippen LogP) is 4.58. The number of phenols is 1. The number of carbonyl (C=O) groups excluding carboxylic acids is 1. The quantitative estimate of drug-likeness (QED) is 0.0703. The molecule has 44 heavy (non-hydrogen) atoms. The molecule has 232 valence electrons. The summed E-state index contributed by atoms with van der Waals surface area (Å²) < 4.78 is 100. The van der Waals surface area contributed by atoms with Gasteiger partial charge in [0.25, 0.3) is 30.4 Å². The molecule has 0 aromatic heterocycles. The number of nitrogen functional groups attached to an aromatic ring is 1. The number of nitrogens with zero attached hydrogens (tertiary/aromatic N) is 3. The van der Waals surface area contributed by atoms with Crippen molar-refractivity contribution >= 4 is 87.1 Å². The molecule has 0 saturated heterocycles. The van der Waals surface area contributed by atoms with Crippen molar-refractivity contribution in [2.75, 3.05) is 16.5 Å². The summed E-state index contributed by atoms with van der Waals surface area (Å²) in [6, 6.07) is 12.1. The lowest BCUT2D eigenvalue weighted by Gasteiger charge is -2.24. The van der Waals surface area contributed by atoms with E-state index in [1.54, 1.807) is 0 Å². The van der Waals surface area contributed by atoms with Crippen LogP contribution in [0.3, 0.4) is 0 Å². The zero-order chi connectivity index (χ0) is 32.6. The van der Waals surface area contributed by atoms with Crippen LogP contribution in [0.5, 0.6) is 5.75 Å². The van der Waals surface area contributed by atoms with Crippen LogP contribution in [0, 0.1) is 0 Å². The summed E-state index contributed by atoms with van der Waals surface area (Å²) >= 11 is 5.73. The fraction of sp³-hybridized carbons (Fsp3) is 0.0800. The van der Waals surface area contributed by atoms with Crippen molar-refractivity contribution < 1.29 is 48.8 Å². The molecular weight excluding hydrogens is 664 g/mol. The molecule has 0 radical (unpaired) electrons. The lowest BCUT2D eigenvalue weighted by atomic mass is 10.1. The number of phenolic OH excluding ortho intramolecular Hbond substituents is 1. The molecule has 0 unspecified atom stereocenters. The molecule has 0 aliphatic rings. The summed E-state index contributed by atoms with van der Waals surface area (Å²) in [7, 11) is -14.4. The molecule has 0 aliphatic carbocycles. The number of hydrogen-bond acceptors (Lipinski definition) is 11. The van der Waals surface area contributed by atoms with Crippen molar-refractivity contribution in [2.24, 2.45) is 10.2 Å². The van der Waals surface area contributed by atoms with Crippen molar-refractivity contribution in [1.29, 1.82) is 0 Å². The Kier molecular flexibility index (Phi) is 8.99. The number of hydrogen-bond donors (Lipinski definition) is 5. The molecule has 15 nitrogen and oxygen atoms in total. The first-order valence-corrected chi connectivity index (χ1v) is 16.8. The van der Waals surface area contributed by atoms with Crippen LogP contribution in [0.25, 0.3) is 10.8 Å². The number of amides is 1. The molecule has 0 bridgehead atoms. The Bertz CT molecular complexity index is 2170. The molecule has 4 aromatic rings. The van der Waals surface area contributed by atoms with E-state index in [-0.39, 0.29) is 45.8 Å². The largest absolute Gasteiger partial charge is 0.507 e. The van der Waals surface area contributed by atoms with Crippen molar-refractivity contribution in [2.45, 2.75) is 21.1 Å². The van der Waals surface area contributed by atoms with Gasteiger partial charge in [0.05, 0.1) is 32.2 Å². The number of carbonyl (C=O) groups is 1. The average molecular weight is 685 g/mol. The Balaban J connectivity index is 1.88. The van der Waals surface area contributed by atoms with Gasteiger partial charge < -0.3 is 10.8 Å². The lowest BCUT2D eigenvalue weighted by molar-refractivity contribution is -0.117. The summed E-state index contributed by atoms with van der Waals surface area (Å²) in [4.78, 5) is 11.9. The Morgan fingerprint density at radius 2 is 1.45 bits per heavy atom. The van der Waals surface area contributed by atoms with Gasteiger partial charge in [0.2, 0.25) is 5.91 Å². The minimum Gasteiger partial charge on any atom is -0.507 e. The molecule has 0 saturated carbocycles. The van der Waals surface area contributed by atoms with Gasteiger partial charge in [-0.3, -0.25) is 23.4 Å². The number of anilines is 3. The van der Waals surface area contributed by atoms with Gasteiger partial charge >= 0.3 is 0 Å². The SMILES string of the molecule is Nc1ccc2cc(S(=O)(=O)O)cc(O)c2c1N=Nc1ccc(N(C(=O)CCCl)c2cccc(S(=O)(=O)O)c2)cc1S(=O)(=O)O. The number of benzene rings is 4. The topological polar surface area (TPSA) is 254 Å². The molecule has 0 heterocycles. The van der Waals surface area contributed by atoms with Crippen molar-refractivity contribution in [3.63, 3.8) is 0 Å². The van der Waals surface area contributed by atoms with E-state index in [4.69, 9.17) is 17.3 Å². The number of alkyl halides is 1. The highest BCUT2D eigenvalue weighted by Crippen LogP contribution is 2.41. The number of azo groups is 1. The zero-order valence-electron chi connectivity index (χ0n) is 21.9. The third kappa shape index (κ3) is 6.97. The van der Waals surface area contributed by atoms with E-state index in [0.29, 0.717) is 0 Å². The Morgan fingerprint density at radius 1 is 0.795 bits per heavy atom. The summed E-state index contributed by atoms with van der Waals surface area (Å²) in [6.07, 6.45) is -0.274. The van der Waals surface area contributed by atoms with Gasteiger partial charge in [0, 0.05) is 18.4 Å². The summed E-state index contributed by atoms with van der Waals surface area (Å²) in [5.74, 6) is -1.51. The van der Waals surface area contributed by atoms with E-state index in [9.17, 15) is 48.8 Å². The maximum absolute atomic E-state index is 13.0. The number of halogens is 1. The van der Waals surface area contributed by atoms with Gasteiger partial charge in [0.15, 0.2) is 0 Å². The number of rotatable bonds is 9. The molecular formula is C25H21ClN4O11S3. The van der Waals surface area contributed by atoms with Crippen LogP contribution in [0.15, 0.2) is 91.6 Å². The highest BCUT2D eigenvalue weighted by Gasteiger charge is 2.24. The number of aromatic hydroxyl groups is 1. The molecule has 19 heteroatoms. The maximum atomic E-state index is 13.0. The first kappa shape index (κ1) is 32.7. The normalized spacial score (nSPS) is 12.5. The van der Waals surface area contributed by atoms with Crippen LogP contribution in [-0.2, 0) is 35.1 Å². The Morgan fingerprint density at radius 3 is 2.07 bits per heavy atom. The van der Waals surface area contributed by atoms with Gasteiger partial charge in [-0.15, -0.1) is 21.8 Å². The predicted molar refractivity (Wildman–Crippen MR) is 159 cm³/mol. The van der Waals surface area contributed by atoms with Crippen LogP contribution < -0.4 is 10.6 Å². The van der Waals surface area contributed by atoms with Crippen LogP contribution in [0.4, 0.5) is 28.4 Å². The molecule has 0 atom stereocenters. The standard InChI is InChI=1S/C25H21ClN4O11S3/c26-9-8-23(32)30(15-2-1-3-17(11-15)42(33,34)35)16-5-7-20(22(12-16)44(39,40)41)28-29-25-19(27)6-4-14-10-18(43(36,37)38)13-21(31)24(14)25/h1-7,10-13,31H,8-9,27H2,(H,33,34,35)(H,36,37,38)(H,39,40,41). The first-order chi connectivity index (χ1) is 20.4. The summed E-state index contributed by atoms with van der Waals surface area (Å²) in [6.45, 7) is 0. The molecule has 6 N–H and O–H groups in total. The number of nitrogens with two attached hydrogens (primary N) is 1. The van der Waals surface area contributed by atoms with Crippen LogP contribution in [0.2, 0.25) is 0 Å². The van der Waals surface area contributed by atoms with Crippen molar-refractivity contribution in [3.05, 3.63) is 66.7 Å². The van der Waals surface area contributed by atoms with E-state index < -0.39 is 62.4 Å². The van der Waals surface area contributed by atoms with Gasteiger partial charge in [-0.05, 0) is 53.9 Å². The van der Waals surface area contributed by atoms with Crippen LogP contribution in [-0.4, -0.2) is 55.8 Å². The van der Waals surface area contributed by atoms with Crippen molar-refractivity contribution in [3.8, 4) is 5.75 Å². The lowest BCUT2D eigenvalue weighted by Crippen LogP contribution is -2.26. The summed E-state index contributed by atoms with van der Waals surface area (Å²) in [5.41, 5.74) is 4.98. The van der Waals surface area contributed by atoms with Crippen molar-refractivity contribution in [1.82, 2.24) is 0 Å². The molecule has 4 rings (SSSR count). The molecule has 0 aliphatic heterocycles. The third-order valence-corrected chi connectivity index (χ3v) is 8.79. The van der Waals surface area contributed by atoms with Gasteiger partial charge in [-0.25, -0.2) is 0 Å². The number of fused-ring (bicyclic) bond motifs is 1. The van der Waals surface area contributed by atoms with E-state index >= 15 is 0 Å². The van der Waals surface area contributed by atoms with Gasteiger partial charge in [-0.2, -0.15) is 25.3 Å². The molecule has 0 fully saturated rings. The highest BCUT2D eigenvalue weighted by atomic mass is 35.5. The van der Waals surface area contributed by atoms with Crippen LogP contribution in [0.1, 0.15) is 6.42 Å². The first-order valence-electron chi connectivity index (χ1n) is 11.9. The average Bonchev–Trinajstić information content (AvgIpc) is 2.92. The second-order valence-corrected chi connectivity index (χ2v) is 13.6. The van der Waals surface area contributed by atoms with Gasteiger partial charge in [0.1, 0.15) is 22.0 Å². The maximum Gasteiger partial charge on any atom is 0.296 e. The fourth-order valence-corrected chi connectivity index (χ4v) is 5.98.